The summed E-state index contributed by atoms with van der Waals surface area (Å²) in [5, 5.41) is 3.15. The molecule has 0 aromatic heterocycles. The lowest BCUT2D eigenvalue weighted by Gasteiger charge is -2.20. The molecule has 1 amide bonds. The number of carbonyl (C=O) groups is 1. The summed E-state index contributed by atoms with van der Waals surface area (Å²) in [5.41, 5.74) is 5.21. The van der Waals surface area contributed by atoms with Gasteiger partial charge >= 0.3 is 0 Å². The van der Waals surface area contributed by atoms with Gasteiger partial charge in [0.05, 0.1) is 6.04 Å². The van der Waals surface area contributed by atoms with Crippen LogP contribution in [0.4, 0.5) is 0 Å². The summed E-state index contributed by atoms with van der Waals surface area (Å²) in [6, 6.07) is -0.175. The van der Waals surface area contributed by atoms with Gasteiger partial charge in [-0.1, -0.05) is 20.8 Å². The fraction of sp³-hybridized carbons (Fsp3) is 0.900. The van der Waals surface area contributed by atoms with Gasteiger partial charge in [-0.05, 0) is 19.5 Å². The number of likely N-dealkylation sites (N-methyl/N-ethyl adjacent to an activating group) is 1. The molecule has 0 radical (unpaired) electrons. The minimum Gasteiger partial charge on any atom is -0.368 e. The number of hydrogen-bond acceptors (Lipinski definition) is 3. The highest BCUT2D eigenvalue weighted by Gasteiger charge is 2.11. The molecule has 3 N–H and O–H groups in total. The molecule has 4 heteroatoms. The molecule has 84 valence electrons. The number of nitrogens with two attached hydrogens (primary N) is 1. The van der Waals surface area contributed by atoms with Crippen LogP contribution >= 0.6 is 0 Å². The van der Waals surface area contributed by atoms with Crippen LogP contribution in [-0.4, -0.2) is 43.0 Å². The summed E-state index contributed by atoms with van der Waals surface area (Å²) in [7, 11) is 0. The Labute approximate surface area is 86.8 Å². The maximum absolute atomic E-state index is 10.9. The van der Waals surface area contributed by atoms with E-state index in [4.69, 9.17) is 5.73 Å². The van der Waals surface area contributed by atoms with Crippen LogP contribution < -0.4 is 11.1 Å². The first-order valence-electron chi connectivity index (χ1n) is 5.40. The Kier molecular flexibility index (Phi) is 7.42. The minimum atomic E-state index is -0.257. The first kappa shape index (κ1) is 13.4. The SMILES string of the molecule is CCC(NCCN(CC)CC)C(N)=O. The van der Waals surface area contributed by atoms with E-state index >= 15 is 0 Å². The van der Waals surface area contributed by atoms with Crippen LogP contribution in [0, 0.1) is 0 Å². The summed E-state index contributed by atoms with van der Waals surface area (Å²) in [4.78, 5) is 13.2. The van der Waals surface area contributed by atoms with Gasteiger partial charge in [0.1, 0.15) is 0 Å². The number of nitrogens with zero attached hydrogens (tertiary/aromatic N) is 1. The van der Waals surface area contributed by atoms with Crippen molar-refractivity contribution >= 4 is 5.91 Å². The molecule has 4 nitrogen and oxygen atoms in total. The summed E-state index contributed by atoms with van der Waals surface area (Å²) in [6.07, 6.45) is 0.758. The maximum Gasteiger partial charge on any atom is 0.234 e. The van der Waals surface area contributed by atoms with Crippen LogP contribution in [0.1, 0.15) is 27.2 Å². The lowest BCUT2D eigenvalue weighted by molar-refractivity contribution is -0.120. The molecule has 1 unspecified atom stereocenters. The number of primary amides is 1. The van der Waals surface area contributed by atoms with Gasteiger partial charge in [0.15, 0.2) is 0 Å². The second-order valence-corrected chi connectivity index (χ2v) is 3.34. The number of rotatable bonds is 8. The number of amides is 1. The van der Waals surface area contributed by atoms with Gasteiger partial charge in [-0.2, -0.15) is 0 Å². The highest BCUT2D eigenvalue weighted by molar-refractivity contribution is 5.79. The van der Waals surface area contributed by atoms with Crippen LogP contribution in [0.3, 0.4) is 0 Å². The normalized spacial score (nSPS) is 13.1. The van der Waals surface area contributed by atoms with Gasteiger partial charge in [0.25, 0.3) is 0 Å². The first-order chi connectivity index (χ1) is 6.65. The lowest BCUT2D eigenvalue weighted by atomic mass is 10.2. The molecule has 0 aromatic carbocycles. The predicted molar refractivity (Wildman–Crippen MR) is 59.1 cm³/mol. The third kappa shape index (κ3) is 5.19. The quantitative estimate of drug-likeness (QED) is 0.589. The molecule has 0 aliphatic carbocycles. The third-order valence-corrected chi connectivity index (χ3v) is 2.46. The average molecular weight is 201 g/mol. The van der Waals surface area contributed by atoms with Crippen molar-refractivity contribution in [3.05, 3.63) is 0 Å². The minimum absolute atomic E-state index is 0.175. The monoisotopic (exact) mass is 201 g/mol. The lowest BCUT2D eigenvalue weighted by Crippen LogP contribution is -2.44. The second kappa shape index (κ2) is 7.76. The summed E-state index contributed by atoms with van der Waals surface area (Å²) >= 11 is 0. The topological polar surface area (TPSA) is 58.4 Å². The average Bonchev–Trinajstić information content (AvgIpc) is 2.18. The molecule has 0 aliphatic heterocycles. The predicted octanol–water partition coefficient (Wildman–Crippen LogP) is 0.182. The molecule has 0 fully saturated rings. The molecule has 0 heterocycles. The van der Waals surface area contributed by atoms with Gasteiger partial charge in [-0.15, -0.1) is 0 Å². The second-order valence-electron chi connectivity index (χ2n) is 3.34. The van der Waals surface area contributed by atoms with E-state index in [1.165, 1.54) is 0 Å². The molecule has 0 aliphatic rings. The number of nitrogens with one attached hydrogen (secondary N) is 1. The van der Waals surface area contributed by atoms with Gasteiger partial charge in [0.2, 0.25) is 5.91 Å². The summed E-state index contributed by atoms with van der Waals surface area (Å²) in [5.74, 6) is -0.257. The van der Waals surface area contributed by atoms with Gasteiger partial charge < -0.3 is 16.0 Å². The molecule has 0 rings (SSSR count). The van der Waals surface area contributed by atoms with Gasteiger partial charge in [-0.25, -0.2) is 0 Å². The van der Waals surface area contributed by atoms with E-state index in [2.05, 4.69) is 24.1 Å². The summed E-state index contributed by atoms with van der Waals surface area (Å²) in [6.45, 7) is 10.1. The van der Waals surface area contributed by atoms with Gasteiger partial charge in [0, 0.05) is 13.1 Å². The van der Waals surface area contributed by atoms with E-state index in [1.807, 2.05) is 6.92 Å². The molecular formula is C10H23N3O. The molecule has 14 heavy (non-hydrogen) atoms. The molecule has 0 aromatic rings. The number of carbonyl (C=O) groups excluding carboxylic acids is 1. The standard InChI is InChI=1S/C10H23N3O/c1-4-9(10(11)14)12-7-8-13(5-2)6-3/h9,12H,4-8H2,1-3H3,(H2,11,14). The van der Waals surface area contributed by atoms with E-state index in [1.54, 1.807) is 0 Å². The Morgan fingerprint density at radius 3 is 2.29 bits per heavy atom. The molecule has 0 spiro atoms. The van der Waals surface area contributed by atoms with Crippen molar-refractivity contribution in [2.45, 2.75) is 33.2 Å². The van der Waals surface area contributed by atoms with E-state index in [9.17, 15) is 4.79 Å². The van der Waals surface area contributed by atoms with Crippen molar-refractivity contribution in [2.75, 3.05) is 26.2 Å². The highest BCUT2D eigenvalue weighted by atomic mass is 16.1. The van der Waals surface area contributed by atoms with Crippen LogP contribution in [0.5, 0.6) is 0 Å². The fourth-order valence-corrected chi connectivity index (χ4v) is 1.38. The molecule has 1 atom stereocenters. The Morgan fingerprint density at radius 2 is 1.93 bits per heavy atom. The zero-order valence-corrected chi connectivity index (χ0v) is 9.55. The Morgan fingerprint density at radius 1 is 1.36 bits per heavy atom. The van der Waals surface area contributed by atoms with Crippen LogP contribution in [0.15, 0.2) is 0 Å². The van der Waals surface area contributed by atoms with Crippen molar-refractivity contribution in [3.8, 4) is 0 Å². The maximum atomic E-state index is 10.9. The van der Waals surface area contributed by atoms with Crippen molar-refractivity contribution in [3.63, 3.8) is 0 Å². The van der Waals surface area contributed by atoms with Crippen molar-refractivity contribution in [1.82, 2.24) is 10.2 Å². The third-order valence-electron chi connectivity index (χ3n) is 2.46. The molecule has 0 saturated carbocycles. The Balaban J connectivity index is 3.65. The van der Waals surface area contributed by atoms with Gasteiger partial charge in [-0.3, -0.25) is 4.79 Å². The highest BCUT2D eigenvalue weighted by Crippen LogP contribution is 1.90. The van der Waals surface area contributed by atoms with Crippen molar-refractivity contribution in [2.24, 2.45) is 5.73 Å². The molecule has 0 bridgehead atoms. The van der Waals surface area contributed by atoms with E-state index in [0.29, 0.717) is 0 Å². The van der Waals surface area contributed by atoms with Crippen molar-refractivity contribution < 1.29 is 4.79 Å². The zero-order valence-electron chi connectivity index (χ0n) is 9.55. The smallest absolute Gasteiger partial charge is 0.234 e. The number of hydrogen-bond donors (Lipinski definition) is 2. The Bertz CT molecular complexity index is 157. The van der Waals surface area contributed by atoms with Crippen molar-refractivity contribution in [1.29, 1.82) is 0 Å². The Hall–Kier alpha value is -0.610. The first-order valence-corrected chi connectivity index (χ1v) is 5.40. The van der Waals surface area contributed by atoms with Crippen LogP contribution in [-0.2, 0) is 4.79 Å². The van der Waals surface area contributed by atoms with E-state index in [0.717, 1.165) is 32.6 Å². The molecule has 0 saturated heterocycles. The van der Waals surface area contributed by atoms with E-state index in [-0.39, 0.29) is 11.9 Å². The van der Waals surface area contributed by atoms with Crippen LogP contribution in [0.2, 0.25) is 0 Å². The summed E-state index contributed by atoms with van der Waals surface area (Å²) < 4.78 is 0. The fourth-order valence-electron chi connectivity index (χ4n) is 1.38. The van der Waals surface area contributed by atoms with Crippen LogP contribution in [0.25, 0.3) is 0 Å². The largest absolute Gasteiger partial charge is 0.368 e. The molecular weight excluding hydrogens is 178 g/mol. The zero-order chi connectivity index (χ0) is 11.0. The van der Waals surface area contributed by atoms with E-state index < -0.39 is 0 Å².